The smallest absolute Gasteiger partial charge is 0.223 e. The van der Waals surface area contributed by atoms with Crippen molar-refractivity contribution in [2.45, 2.75) is 38.6 Å². The summed E-state index contributed by atoms with van der Waals surface area (Å²) in [4.78, 5) is 15.6. The number of halogens is 1. The van der Waals surface area contributed by atoms with Crippen LogP contribution < -0.4 is 4.74 Å². The average Bonchev–Trinajstić information content (AvgIpc) is 3.64. The molecule has 0 N–H and O–H groups in total. The van der Waals surface area contributed by atoms with Gasteiger partial charge in [-0.1, -0.05) is 71.8 Å². The van der Waals surface area contributed by atoms with Gasteiger partial charge in [-0.3, -0.25) is 4.79 Å². The second kappa shape index (κ2) is 11.6. The number of hydrogen-bond acceptors (Lipinski definition) is 2. The van der Waals surface area contributed by atoms with Gasteiger partial charge in [0, 0.05) is 54.1 Å². The maximum atomic E-state index is 13.6. The summed E-state index contributed by atoms with van der Waals surface area (Å²) >= 11 is 6.07. The standard InChI is InChI=1S/C35H33ClN2O2/c1-25-11-13-26(14-12-25)23-38-24-33(31-9-2-3-10-34(31)38)32(22-35(39)37-19-4-5-20-37)27-7-6-8-30(21-27)40-29-17-15-28(36)16-18-29/h2-3,6-18,21,24,32H,4-5,19-20,22-23H2,1H3. The molecule has 1 aliphatic heterocycles. The van der Waals surface area contributed by atoms with Gasteiger partial charge < -0.3 is 14.2 Å². The van der Waals surface area contributed by atoms with E-state index in [9.17, 15) is 4.79 Å². The molecule has 0 aliphatic carbocycles. The molecule has 5 aromatic rings. The summed E-state index contributed by atoms with van der Waals surface area (Å²) < 4.78 is 8.50. The third kappa shape index (κ3) is 5.78. The summed E-state index contributed by atoms with van der Waals surface area (Å²) in [7, 11) is 0. The maximum Gasteiger partial charge on any atom is 0.223 e. The van der Waals surface area contributed by atoms with E-state index in [0.29, 0.717) is 11.4 Å². The van der Waals surface area contributed by atoms with Crippen LogP contribution in [0.2, 0.25) is 5.02 Å². The molecule has 4 aromatic carbocycles. The van der Waals surface area contributed by atoms with Crippen molar-refractivity contribution in [3.05, 3.63) is 131 Å². The SMILES string of the molecule is Cc1ccc(Cn2cc(C(CC(=O)N3CCCC3)c3cccc(Oc4ccc(Cl)cc4)c3)c3ccccc32)cc1. The second-order valence-electron chi connectivity index (χ2n) is 10.7. The fraction of sp³-hybridized carbons (Fsp3) is 0.229. The van der Waals surface area contributed by atoms with E-state index >= 15 is 0 Å². The minimum Gasteiger partial charge on any atom is -0.457 e. The molecule has 1 aromatic heterocycles. The van der Waals surface area contributed by atoms with E-state index in [1.54, 1.807) is 0 Å². The van der Waals surface area contributed by atoms with Crippen LogP contribution >= 0.6 is 11.6 Å². The number of carbonyl (C=O) groups is 1. The number of aryl methyl sites for hydroxylation is 1. The number of aromatic nitrogens is 1. The number of ether oxygens (including phenoxy) is 1. The molecule has 1 unspecified atom stereocenters. The summed E-state index contributed by atoms with van der Waals surface area (Å²) in [6, 6.07) is 32.7. The zero-order valence-corrected chi connectivity index (χ0v) is 23.5. The number of carbonyl (C=O) groups excluding carboxylic acids is 1. The fourth-order valence-corrected chi connectivity index (χ4v) is 5.81. The lowest BCUT2D eigenvalue weighted by molar-refractivity contribution is -0.130. The molecule has 40 heavy (non-hydrogen) atoms. The minimum atomic E-state index is -0.106. The highest BCUT2D eigenvalue weighted by Crippen LogP contribution is 2.37. The predicted molar refractivity (Wildman–Crippen MR) is 162 cm³/mol. The van der Waals surface area contributed by atoms with Crippen LogP contribution in [0.25, 0.3) is 10.9 Å². The van der Waals surface area contributed by atoms with Crippen LogP contribution in [0, 0.1) is 6.92 Å². The zero-order valence-electron chi connectivity index (χ0n) is 22.7. The number of amides is 1. The molecule has 0 radical (unpaired) electrons. The van der Waals surface area contributed by atoms with Gasteiger partial charge in [0.25, 0.3) is 0 Å². The minimum absolute atomic E-state index is 0.106. The van der Waals surface area contributed by atoms with Crippen LogP contribution in [0.5, 0.6) is 11.5 Å². The normalized spacial score (nSPS) is 14.0. The highest BCUT2D eigenvalue weighted by molar-refractivity contribution is 6.30. The molecule has 2 heterocycles. The molecular weight excluding hydrogens is 516 g/mol. The summed E-state index contributed by atoms with van der Waals surface area (Å²) in [5, 5.41) is 1.85. The number of benzene rings is 4. The van der Waals surface area contributed by atoms with E-state index in [-0.39, 0.29) is 11.8 Å². The van der Waals surface area contributed by atoms with E-state index in [1.807, 2.05) is 41.3 Å². The zero-order chi connectivity index (χ0) is 27.5. The molecule has 5 heteroatoms. The maximum absolute atomic E-state index is 13.6. The van der Waals surface area contributed by atoms with Crippen LogP contribution in [-0.4, -0.2) is 28.5 Å². The van der Waals surface area contributed by atoms with E-state index in [2.05, 4.69) is 78.4 Å². The first-order valence-electron chi connectivity index (χ1n) is 14.0. The second-order valence-corrected chi connectivity index (χ2v) is 11.1. The number of rotatable bonds is 8. The fourth-order valence-electron chi connectivity index (χ4n) is 5.68. The van der Waals surface area contributed by atoms with Crippen molar-refractivity contribution < 1.29 is 9.53 Å². The molecule has 1 aliphatic rings. The van der Waals surface area contributed by atoms with E-state index in [0.717, 1.165) is 49.5 Å². The number of likely N-dealkylation sites (tertiary alicyclic amines) is 1. The van der Waals surface area contributed by atoms with E-state index in [4.69, 9.17) is 16.3 Å². The summed E-state index contributed by atoms with van der Waals surface area (Å²) in [5.41, 5.74) is 5.91. The Kier molecular flexibility index (Phi) is 7.61. The quantitative estimate of drug-likeness (QED) is 0.194. The predicted octanol–water partition coefficient (Wildman–Crippen LogP) is 8.59. The van der Waals surface area contributed by atoms with Crippen molar-refractivity contribution in [3.63, 3.8) is 0 Å². The molecule has 0 spiro atoms. The third-order valence-electron chi connectivity index (χ3n) is 7.82. The Labute approximate surface area is 240 Å². The van der Waals surface area contributed by atoms with Crippen LogP contribution in [-0.2, 0) is 11.3 Å². The Bertz CT molecular complexity index is 1620. The Balaban J connectivity index is 1.40. The first-order chi connectivity index (χ1) is 19.5. The number of hydrogen-bond donors (Lipinski definition) is 0. The molecule has 6 rings (SSSR count). The molecule has 0 saturated carbocycles. The van der Waals surface area contributed by atoms with Gasteiger partial charge in [0.2, 0.25) is 5.91 Å². The topological polar surface area (TPSA) is 34.5 Å². The molecule has 202 valence electrons. The molecular formula is C35H33ClN2O2. The highest BCUT2D eigenvalue weighted by Gasteiger charge is 2.27. The molecule has 1 saturated heterocycles. The Morgan fingerprint density at radius 3 is 2.40 bits per heavy atom. The van der Waals surface area contributed by atoms with Crippen molar-refractivity contribution in [1.29, 1.82) is 0 Å². The van der Waals surface area contributed by atoms with Gasteiger partial charge in [-0.2, -0.15) is 0 Å². The van der Waals surface area contributed by atoms with Gasteiger partial charge in [0.05, 0.1) is 0 Å². The van der Waals surface area contributed by atoms with Gasteiger partial charge in [-0.05, 0) is 78.9 Å². The molecule has 1 amide bonds. The molecule has 0 bridgehead atoms. The van der Waals surface area contributed by atoms with Gasteiger partial charge in [-0.25, -0.2) is 0 Å². The molecule has 1 fully saturated rings. The summed E-state index contributed by atoms with van der Waals surface area (Å²) in [6.45, 7) is 4.58. The van der Waals surface area contributed by atoms with Gasteiger partial charge in [0.15, 0.2) is 0 Å². The van der Waals surface area contributed by atoms with E-state index in [1.165, 1.54) is 27.6 Å². The van der Waals surface area contributed by atoms with Crippen LogP contribution in [0.15, 0.2) is 103 Å². The van der Waals surface area contributed by atoms with Gasteiger partial charge in [0.1, 0.15) is 11.5 Å². The van der Waals surface area contributed by atoms with Crippen molar-refractivity contribution in [2.24, 2.45) is 0 Å². The average molecular weight is 549 g/mol. The first-order valence-corrected chi connectivity index (χ1v) is 14.4. The Morgan fingerprint density at radius 2 is 1.62 bits per heavy atom. The number of para-hydroxylation sites is 1. The van der Waals surface area contributed by atoms with Crippen LogP contribution in [0.1, 0.15) is 47.4 Å². The number of nitrogens with zero attached hydrogens (tertiary/aromatic N) is 2. The molecule has 1 atom stereocenters. The Hall–Kier alpha value is -4.02. The van der Waals surface area contributed by atoms with Gasteiger partial charge in [-0.15, -0.1) is 0 Å². The largest absolute Gasteiger partial charge is 0.457 e. The Morgan fingerprint density at radius 1 is 0.875 bits per heavy atom. The summed E-state index contributed by atoms with van der Waals surface area (Å²) in [5.74, 6) is 1.57. The summed E-state index contributed by atoms with van der Waals surface area (Å²) in [6.07, 6.45) is 4.83. The molecule has 4 nitrogen and oxygen atoms in total. The van der Waals surface area contributed by atoms with Crippen molar-refractivity contribution >= 4 is 28.4 Å². The lowest BCUT2D eigenvalue weighted by Crippen LogP contribution is -2.29. The van der Waals surface area contributed by atoms with Gasteiger partial charge >= 0.3 is 0 Å². The monoisotopic (exact) mass is 548 g/mol. The third-order valence-corrected chi connectivity index (χ3v) is 8.07. The van der Waals surface area contributed by atoms with Crippen molar-refractivity contribution in [2.75, 3.05) is 13.1 Å². The van der Waals surface area contributed by atoms with E-state index < -0.39 is 0 Å². The van der Waals surface area contributed by atoms with Crippen LogP contribution in [0.3, 0.4) is 0 Å². The number of fused-ring (bicyclic) bond motifs is 1. The first kappa shape index (κ1) is 26.2. The van der Waals surface area contributed by atoms with Crippen molar-refractivity contribution in [1.82, 2.24) is 9.47 Å². The lowest BCUT2D eigenvalue weighted by atomic mass is 9.87. The van der Waals surface area contributed by atoms with Crippen molar-refractivity contribution in [3.8, 4) is 11.5 Å². The highest BCUT2D eigenvalue weighted by atomic mass is 35.5. The van der Waals surface area contributed by atoms with Crippen LogP contribution in [0.4, 0.5) is 0 Å². The lowest BCUT2D eigenvalue weighted by Gasteiger charge is -2.22.